The van der Waals surface area contributed by atoms with E-state index in [0.29, 0.717) is 0 Å². The van der Waals surface area contributed by atoms with Crippen molar-refractivity contribution in [3.63, 3.8) is 0 Å². The molecule has 0 radical (unpaired) electrons. The van der Waals surface area contributed by atoms with Gasteiger partial charge in [-0.1, -0.05) is 0 Å². The minimum absolute atomic E-state index is 0.0272. The molecule has 1 amide bonds. The Morgan fingerprint density at radius 2 is 2.54 bits per heavy atom. The molecule has 0 aromatic carbocycles. The molecule has 2 heterocycles. The molecule has 0 aliphatic carbocycles. The van der Waals surface area contributed by atoms with Crippen molar-refractivity contribution in [1.82, 2.24) is 10.6 Å². The van der Waals surface area contributed by atoms with Crippen LogP contribution in [-0.2, 0) is 13.0 Å². The first-order chi connectivity index (χ1) is 6.31. The predicted octanol–water partition coefficient (Wildman–Crippen LogP) is 0.753. The zero-order valence-corrected chi connectivity index (χ0v) is 8.33. The second-order valence-corrected chi connectivity index (χ2v) is 4.20. The highest BCUT2D eigenvalue weighted by Gasteiger charge is 2.15. The van der Waals surface area contributed by atoms with Crippen molar-refractivity contribution in [2.45, 2.75) is 13.0 Å². The number of amides is 1. The highest BCUT2D eigenvalue weighted by Crippen LogP contribution is 2.24. The van der Waals surface area contributed by atoms with Gasteiger partial charge in [-0.15, -0.1) is 11.3 Å². The van der Waals surface area contributed by atoms with Gasteiger partial charge in [-0.25, -0.2) is 0 Å². The normalized spacial score (nSPS) is 15.2. The van der Waals surface area contributed by atoms with Gasteiger partial charge in [-0.3, -0.25) is 4.79 Å². The Bertz CT molecular complexity index is 309. The molecule has 4 heteroatoms. The zero-order valence-electron chi connectivity index (χ0n) is 7.52. The summed E-state index contributed by atoms with van der Waals surface area (Å²) >= 11 is 1.59. The van der Waals surface area contributed by atoms with E-state index < -0.39 is 0 Å². The molecule has 1 aliphatic heterocycles. The Balaban J connectivity index is 2.30. The van der Waals surface area contributed by atoms with Gasteiger partial charge in [-0.05, 0) is 24.6 Å². The second-order valence-electron chi connectivity index (χ2n) is 3.06. The van der Waals surface area contributed by atoms with Gasteiger partial charge in [0.05, 0.1) is 4.88 Å². The smallest absolute Gasteiger partial charge is 0.261 e. The first-order valence-corrected chi connectivity index (χ1v) is 5.17. The summed E-state index contributed by atoms with van der Waals surface area (Å²) in [5, 5.41) is 5.93. The molecule has 70 valence electrons. The molecule has 0 spiro atoms. The van der Waals surface area contributed by atoms with E-state index in [9.17, 15) is 4.79 Å². The van der Waals surface area contributed by atoms with Gasteiger partial charge in [-0.2, -0.15) is 0 Å². The number of thiophene rings is 1. The largest absolute Gasteiger partial charge is 0.354 e. The van der Waals surface area contributed by atoms with E-state index in [0.717, 1.165) is 24.4 Å². The lowest BCUT2D eigenvalue weighted by molar-refractivity contribution is 0.0967. The van der Waals surface area contributed by atoms with Crippen LogP contribution in [0.4, 0.5) is 0 Å². The molecule has 0 fully saturated rings. The summed E-state index contributed by atoms with van der Waals surface area (Å²) in [6.45, 7) is 1.94. The first-order valence-electron chi connectivity index (χ1n) is 4.35. The Morgan fingerprint density at radius 3 is 3.23 bits per heavy atom. The summed E-state index contributed by atoms with van der Waals surface area (Å²) in [4.78, 5) is 13.5. The lowest BCUT2D eigenvalue weighted by Crippen LogP contribution is -2.21. The zero-order chi connectivity index (χ0) is 9.26. The van der Waals surface area contributed by atoms with Crippen LogP contribution in [-0.4, -0.2) is 19.5 Å². The fraction of sp³-hybridized carbons (Fsp3) is 0.444. The maximum absolute atomic E-state index is 11.3. The SMILES string of the molecule is CNC(=O)c1cc2c(s1)CNCC2. The number of rotatable bonds is 1. The molecule has 3 nitrogen and oxygen atoms in total. The second kappa shape index (κ2) is 3.47. The molecule has 0 atom stereocenters. The van der Waals surface area contributed by atoms with E-state index >= 15 is 0 Å². The van der Waals surface area contributed by atoms with Crippen molar-refractivity contribution in [3.8, 4) is 0 Å². The van der Waals surface area contributed by atoms with Gasteiger partial charge < -0.3 is 10.6 Å². The van der Waals surface area contributed by atoms with Crippen LogP contribution in [0.25, 0.3) is 0 Å². The summed E-state index contributed by atoms with van der Waals surface area (Å²) in [6.07, 6.45) is 1.04. The molecule has 13 heavy (non-hydrogen) atoms. The van der Waals surface area contributed by atoms with E-state index in [1.165, 1.54) is 10.4 Å². The van der Waals surface area contributed by atoms with Gasteiger partial charge in [0, 0.05) is 18.5 Å². The molecule has 1 aromatic heterocycles. The molecule has 0 unspecified atom stereocenters. The molecular weight excluding hydrogens is 184 g/mol. The van der Waals surface area contributed by atoms with Gasteiger partial charge in [0.2, 0.25) is 0 Å². The molecule has 2 rings (SSSR count). The van der Waals surface area contributed by atoms with Gasteiger partial charge in [0.25, 0.3) is 5.91 Å². The van der Waals surface area contributed by atoms with E-state index in [-0.39, 0.29) is 5.91 Å². The third-order valence-electron chi connectivity index (χ3n) is 2.20. The van der Waals surface area contributed by atoms with Crippen LogP contribution in [0.15, 0.2) is 6.07 Å². The van der Waals surface area contributed by atoms with Gasteiger partial charge >= 0.3 is 0 Å². The molecule has 1 aliphatic rings. The van der Waals surface area contributed by atoms with Crippen LogP contribution in [0.5, 0.6) is 0 Å². The summed E-state index contributed by atoms with van der Waals surface area (Å²) in [7, 11) is 1.67. The minimum Gasteiger partial charge on any atom is -0.354 e. The molecule has 1 aromatic rings. The van der Waals surface area contributed by atoms with Crippen molar-refractivity contribution in [2.24, 2.45) is 0 Å². The number of carbonyl (C=O) groups excluding carboxylic acids is 1. The minimum atomic E-state index is 0.0272. The highest BCUT2D eigenvalue weighted by atomic mass is 32.1. The van der Waals surface area contributed by atoms with Crippen LogP contribution in [0.2, 0.25) is 0 Å². The topological polar surface area (TPSA) is 41.1 Å². The standard InChI is InChI=1S/C9H12N2OS/c1-10-9(12)7-4-6-2-3-11-5-8(6)13-7/h4,11H,2-3,5H2,1H3,(H,10,12). The number of hydrogen-bond acceptors (Lipinski definition) is 3. The van der Waals surface area contributed by atoms with Crippen LogP contribution in [0, 0.1) is 0 Å². The van der Waals surface area contributed by atoms with E-state index in [1.807, 2.05) is 6.07 Å². The van der Waals surface area contributed by atoms with Crippen LogP contribution < -0.4 is 10.6 Å². The fourth-order valence-corrected chi connectivity index (χ4v) is 2.62. The molecular formula is C9H12N2OS. The number of fused-ring (bicyclic) bond motifs is 1. The lowest BCUT2D eigenvalue weighted by atomic mass is 10.1. The number of carbonyl (C=O) groups is 1. The molecule has 0 saturated carbocycles. The molecule has 2 N–H and O–H groups in total. The maximum atomic E-state index is 11.3. The van der Waals surface area contributed by atoms with Crippen LogP contribution in [0.1, 0.15) is 20.1 Å². The third-order valence-corrected chi connectivity index (χ3v) is 3.38. The summed E-state index contributed by atoms with van der Waals surface area (Å²) < 4.78 is 0. The first kappa shape index (κ1) is 8.72. The third kappa shape index (κ3) is 1.59. The Hall–Kier alpha value is -0.870. The van der Waals surface area contributed by atoms with Crippen molar-refractivity contribution in [1.29, 1.82) is 0 Å². The summed E-state index contributed by atoms with van der Waals surface area (Å²) in [5.74, 6) is 0.0272. The lowest BCUT2D eigenvalue weighted by Gasteiger charge is -2.10. The van der Waals surface area contributed by atoms with Crippen molar-refractivity contribution in [2.75, 3.05) is 13.6 Å². The average molecular weight is 196 g/mol. The number of nitrogens with one attached hydrogen (secondary N) is 2. The van der Waals surface area contributed by atoms with Crippen LogP contribution >= 0.6 is 11.3 Å². The van der Waals surface area contributed by atoms with Gasteiger partial charge in [0.1, 0.15) is 0 Å². The molecule has 0 saturated heterocycles. The average Bonchev–Trinajstić information content (AvgIpc) is 2.59. The highest BCUT2D eigenvalue weighted by molar-refractivity contribution is 7.14. The predicted molar refractivity (Wildman–Crippen MR) is 53.1 cm³/mol. The van der Waals surface area contributed by atoms with Crippen LogP contribution in [0.3, 0.4) is 0 Å². The Morgan fingerprint density at radius 1 is 1.69 bits per heavy atom. The Kier molecular flexibility index (Phi) is 2.33. The number of hydrogen-bond donors (Lipinski definition) is 2. The van der Waals surface area contributed by atoms with Crippen molar-refractivity contribution < 1.29 is 4.79 Å². The van der Waals surface area contributed by atoms with Gasteiger partial charge in [0.15, 0.2) is 0 Å². The maximum Gasteiger partial charge on any atom is 0.261 e. The van der Waals surface area contributed by atoms with Crippen molar-refractivity contribution in [3.05, 3.63) is 21.4 Å². The van der Waals surface area contributed by atoms with Crippen molar-refractivity contribution >= 4 is 17.2 Å². The molecule has 0 bridgehead atoms. The van der Waals surface area contributed by atoms with E-state index in [2.05, 4.69) is 10.6 Å². The quantitative estimate of drug-likeness (QED) is 0.696. The van der Waals surface area contributed by atoms with E-state index in [1.54, 1.807) is 18.4 Å². The fourth-order valence-electron chi connectivity index (χ4n) is 1.49. The van der Waals surface area contributed by atoms with E-state index in [4.69, 9.17) is 0 Å². The monoisotopic (exact) mass is 196 g/mol. The Labute approximate surface area is 81.2 Å². The summed E-state index contributed by atoms with van der Waals surface area (Å²) in [6, 6.07) is 2.01. The summed E-state index contributed by atoms with van der Waals surface area (Å²) in [5.41, 5.74) is 1.34.